The van der Waals surface area contributed by atoms with Crippen LogP contribution in [0.1, 0.15) is 29.8 Å². The fraction of sp³-hybridized carbons (Fsp3) is 0.158. The second-order valence-corrected chi connectivity index (χ2v) is 6.03. The van der Waals surface area contributed by atoms with Crippen LogP contribution in [0.4, 0.5) is 5.69 Å². The maximum atomic E-state index is 12.4. The van der Waals surface area contributed by atoms with Gasteiger partial charge in [0.25, 0.3) is 5.69 Å². The minimum absolute atomic E-state index is 0.0489. The van der Waals surface area contributed by atoms with Crippen LogP contribution in [-0.2, 0) is 4.79 Å². The molecular formula is C19H15NO6. The lowest BCUT2D eigenvalue weighted by atomic mass is 10.1. The number of hydrogen-bond donors (Lipinski definition) is 0. The predicted molar refractivity (Wildman–Crippen MR) is 92.9 cm³/mol. The zero-order valence-corrected chi connectivity index (χ0v) is 14.1. The van der Waals surface area contributed by atoms with Gasteiger partial charge in [-0.25, -0.2) is 0 Å². The number of nitro benzene ring substituents is 1. The molecule has 0 radical (unpaired) electrons. The van der Waals surface area contributed by atoms with Crippen molar-refractivity contribution in [3.8, 4) is 11.5 Å². The molecule has 0 saturated carbocycles. The molecule has 7 heteroatoms. The van der Waals surface area contributed by atoms with Gasteiger partial charge in [0.2, 0.25) is 5.78 Å². The molecule has 7 nitrogen and oxygen atoms in total. The predicted octanol–water partition coefficient (Wildman–Crippen LogP) is 3.77. The third kappa shape index (κ3) is 3.46. The Kier molecular flexibility index (Phi) is 4.53. The zero-order chi connectivity index (χ0) is 18.8. The highest BCUT2D eigenvalue weighted by atomic mass is 16.6. The van der Waals surface area contributed by atoms with E-state index in [1.54, 1.807) is 19.9 Å². The maximum absolute atomic E-state index is 12.4. The van der Waals surface area contributed by atoms with Gasteiger partial charge >= 0.3 is 5.97 Å². The topological polar surface area (TPSA) is 95.7 Å². The number of nitrogens with zero attached hydrogens (tertiary/aromatic N) is 1. The van der Waals surface area contributed by atoms with Gasteiger partial charge in [-0.05, 0) is 23.8 Å². The van der Waals surface area contributed by atoms with Crippen molar-refractivity contribution >= 4 is 23.5 Å². The average molecular weight is 353 g/mol. The van der Waals surface area contributed by atoms with Crippen molar-refractivity contribution in [1.29, 1.82) is 0 Å². The fourth-order valence-corrected chi connectivity index (χ4v) is 2.34. The Bertz CT molecular complexity index is 945. The van der Waals surface area contributed by atoms with E-state index in [-0.39, 0.29) is 40.6 Å². The lowest BCUT2D eigenvalue weighted by Gasteiger charge is -2.07. The molecule has 0 fully saturated rings. The van der Waals surface area contributed by atoms with Crippen LogP contribution < -0.4 is 9.47 Å². The van der Waals surface area contributed by atoms with E-state index in [9.17, 15) is 19.7 Å². The van der Waals surface area contributed by atoms with Crippen molar-refractivity contribution in [3.63, 3.8) is 0 Å². The van der Waals surface area contributed by atoms with E-state index in [0.717, 1.165) is 0 Å². The summed E-state index contributed by atoms with van der Waals surface area (Å²) in [5.74, 6) is -0.398. The van der Waals surface area contributed by atoms with Crippen LogP contribution in [0.15, 0.2) is 48.2 Å². The first-order valence-corrected chi connectivity index (χ1v) is 7.89. The van der Waals surface area contributed by atoms with E-state index in [1.807, 2.05) is 0 Å². The molecule has 0 saturated heterocycles. The van der Waals surface area contributed by atoms with E-state index >= 15 is 0 Å². The zero-order valence-electron chi connectivity index (χ0n) is 14.1. The Morgan fingerprint density at radius 3 is 2.69 bits per heavy atom. The Labute approximate surface area is 149 Å². The number of ketones is 1. The summed E-state index contributed by atoms with van der Waals surface area (Å²) in [5.41, 5.74) is 0.734. The number of non-ortho nitro benzene ring substituents is 1. The molecular weight excluding hydrogens is 338 g/mol. The molecule has 0 bridgehead atoms. The van der Waals surface area contributed by atoms with Gasteiger partial charge in [-0.15, -0.1) is 0 Å². The minimum atomic E-state index is -0.510. The number of hydrogen-bond acceptors (Lipinski definition) is 6. The van der Waals surface area contributed by atoms with Gasteiger partial charge in [-0.2, -0.15) is 0 Å². The van der Waals surface area contributed by atoms with Crippen LogP contribution in [0.2, 0.25) is 0 Å². The first kappa shape index (κ1) is 17.3. The molecule has 0 atom stereocenters. The summed E-state index contributed by atoms with van der Waals surface area (Å²) in [5, 5.41) is 10.9. The standard InChI is InChI=1S/C19H15NO6/c1-11(2)19(22)25-14-6-7-15-16(10-14)26-17(18(15)21)9-12-4-3-5-13(8-12)20(23)24/h3-11H,1-2H3. The third-order valence-electron chi connectivity index (χ3n) is 3.71. The van der Waals surface area contributed by atoms with E-state index in [4.69, 9.17) is 9.47 Å². The lowest BCUT2D eigenvalue weighted by Crippen LogP contribution is -2.14. The number of allylic oxidation sites excluding steroid dienone is 1. The number of benzene rings is 2. The van der Waals surface area contributed by atoms with Gasteiger partial charge in [0.1, 0.15) is 11.5 Å². The summed E-state index contributed by atoms with van der Waals surface area (Å²) in [6.07, 6.45) is 1.44. The second-order valence-electron chi connectivity index (χ2n) is 6.03. The second kappa shape index (κ2) is 6.79. The molecule has 0 amide bonds. The number of nitro groups is 1. The molecule has 1 aliphatic heterocycles. The molecule has 1 aliphatic rings. The molecule has 1 heterocycles. The van der Waals surface area contributed by atoms with Gasteiger partial charge in [0.15, 0.2) is 5.76 Å². The Morgan fingerprint density at radius 1 is 1.23 bits per heavy atom. The molecule has 0 N–H and O–H groups in total. The van der Waals surface area contributed by atoms with Crippen molar-refractivity contribution in [1.82, 2.24) is 0 Å². The summed E-state index contributed by atoms with van der Waals surface area (Å²) < 4.78 is 10.8. The van der Waals surface area contributed by atoms with Crippen LogP contribution in [0, 0.1) is 16.0 Å². The summed E-state index contributed by atoms with van der Waals surface area (Å²) in [7, 11) is 0. The van der Waals surface area contributed by atoms with Gasteiger partial charge in [0, 0.05) is 18.2 Å². The van der Waals surface area contributed by atoms with Crippen LogP contribution in [-0.4, -0.2) is 16.7 Å². The van der Waals surface area contributed by atoms with Gasteiger partial charge in [0.05, 0.1) is 16.4 Å². The van der Waals surface area contributed by atoms with Gasteiger partial charge in [-0.3, -0.25) is 19.7 Å². The molecule has 132 valence electrons. The third-order valence-corrected chi connectivity index (χ3v) is 3.71. The summed E-state index contributed by atoms with van der Waals surface area (Å²) >= 11 is 0. The highest BCUT2D eigenvalue weighted by Gasteiger charge is 2.28. The van der Waals surface area contributed by atoms with Crippen LogP contribution in [0.3, 0.4) is 0 Å². The number of Topliss-reactive ketones (excluding diaryl/α,β-unsaturated/α-hetero) is 1. The van der Waals surface area contributed by atoms with Gasteiger partial charge in [-0.1, -0.05) is 26.0 Å². The number of fused-ring (bicyclic) bond motifs is 1. The largest absolute Gasteiger partial charge is 0.452 e. The molecule has 0 unspecified atom stereocenters. The highest BCUT2D eigenvalue weighted by molar-refractivity contribution is 6.14. The smallest absolute Gasteiger partial charge is 0.313 e. The molecule has 26 heavy (non-hydrogen) atoms. The quantitative estimate of drug-likeness (QED) is 0.273. The Balaban J connectivity index is 1.86. The Hall–Kier alpha value is -3.48. The van der Waals surface area contributed by atoms with Crippen LogP contribution in [0.25, 0.3) is 6.08 Å². The van der Waals surface area contributed by atoms with E-state index in [2.05, 4.69) is 0 Å². The summed E-state index contributed by atoms with van der Waals surface area (Å²) in [6.45, 7) is 3.44. The number of rotatable bonds is 4. The van der Waals surface area contributed by atoms with E-state index in [1.165, 1.54) is 42.5 Å². The van der Waals surface area contributed by atoms with Crippen LogP contribution in [0.5, 0.6) is 11.5 Å². The van der Waals surface area contributed by atoms with Crippen molar-refractivity contribution in [2.45, 2.75) is 13.8 Å². The molecule has 3 rings (SSSR count). The average Bonchev–Trinajstić information content (AvgIpc) is 2.90. The molecule has 0 aromatic heterocycles. The first-order valence-electron chi connectivity index (χ1n) is 7.89. The van der Waals surface area contributed by atoms with E-state index < -0.39 is 4.92 Å². The van der Waals surface area contributed by atoms with Crippen LogP contribution >= 0.6 is 0 Å². The van der Waals surface area contributed by atoms with E-state index in [0.29, 0.717) is 11.1 Å². The number of esters is 1. The number of carbonyl (C=O) groups excluding carboxylic acids is 2. The van der Waals surface area contributed by atoms with Gasteiger partial charge < -0.3 is 9.47 Å². The van der Waals surface area contributed by atoms with Crippen molar-refractivity contribution in [2.24, 2.45) is 5.92 Å². The maximum Gasteiger partial charge on any atom is 0.313 e. The fourth-order valence-electron chi connectivity index (χ4n) is 2.34. The number of ether oxygens (including phenoxy) is 2. The minimum Gasteiger partial charge on any atom is -0.452 e. The Morgan fingerprint density at radius 2 is 2.00 bits per heavy atom. The summed E-state index contributed by atoms with van der Waals surface area (Å²) in [6, 6.07) is 10.4. The SMILES string of the molecule is CC(C)C(=O)Oc1ccc2c(c1)OC(=Cc1cccc([N+](=O)[O-])c1)C2=O. The highest BCUT2D eigenvalue weighted by Crippen LogP contribution is 2.35. The monoisotopic (exact) mass is 353 g/mol. The molecule has 2 aromatic rings. The lowest BCUT2D eigenvalue weighted by molar-refractivity contribution is -0.384. The van der Waals surface area contributed by atoms with Crippen molar-refractivity contribution in [3.05, 3.63) is 69.5 Å². The normalized spacial score (nSPS) is 14.3. The molecule has 2 aromatic carbocycles. The first-order chi connectivity index (χ1) is 12.3. The summed E-state index contributed by atoms with van der Waals surface area (Å²) in [4.78, 5) is 34.4. The molecule has 0 aliphatic carbocycles. The molecule has 0 spiro atoms. The van der Waals surface area contributed by atoms with Crippen molar-refractivity contribution < 1.29 is 24.0 Å². The van der Waals surface area contributed by atoms with Crippen molar-refractivity contribution in [2.75, 3.05) is 0 Å². The number of carbonyl (C=O) groups is 2.